The maximum Gasteiger partial charge on any atom is 0.407 e. The molecule has 0 radical (unpaired) electrons. The number of likely N-dealkylation sites (N-methyl/N-ethyl adjacent to an activating group) is 1. The number of carbonyl (C=O) groups is 1. The van der Waals surface area contributed by atoms with Crippen molar-refractivity contribution in [1.29, 1.82) is 0 Å². The van der Waals surface area contributed by atoms with E-state index in [0.29, 0.717) is 35.2 Å². The lowest BCUT2D eigenvalue weighted by atomic mass is 10.1. The van der Waals surface area contributed by atoms with Gasteiger partial charge in [-0.1, -0.05) is 38.4 Å². The van der Waals surface area contributed by atoms with E-state index >= 15 is 0 Å². The number of anilines is 1. The number of rotatable bonds is 10. The van der Waals surface area contributed by atoms with Crippen molar-refractivity contribution < 1.29 is 19.1 Å². The molecule has 1 atom stereocenters. The average molecular weight is 743 g/mol. The number of nitrogens with zero attached hydrogens (tertiary/aromatic N) is 7. The molecule has 0 fully saturated rings. The van der Waals surface area contributed by atoms with E-state index in [4.69, 9.17) is 30.7 Å². The van der Waals surface area contributed by atoms with Gasteiger partial charge in [-0.15, -0.1) is 0 Å². The Morgan fingerprint density at radius 2 is 1.96 bits per heavy atom. The maximum absolute atomic E-state index is 11.7. The first kappa shape index (κ1) is 34.8. The molecule has 47 heavy (non-hydrogen) atoms. The summed E-state index contributed by atoms with van der Waals surface area (Å²) in [6, 6.07) is 9.41. The number of amides is 1. The van der Waals surface area contributed by atoms with Crippen LogP contribution in [0.4, 0.5) is 10.6 Å². The minimum Gasteiger partial charge on any atom is -0.491 e. The second kappa shape index (κ2) is 13.5. The highest BCUT2D eigenvalue weighted by Gasteiger charge is 2.40. The Kier molecular flexibility index (Phi) is 10.0. The summed E-state index contributed by atoms with van der Waals surface area (Å²) in [5.74, 6) is 1.75. The molecule has 14 heteroatoms. The summed E-state index contributed by atoms with van der Waals surface area (Å²) in [6.45, 7) is 14.4. The fourth-order valence-electron chi connectivity index (χ4n) is 5.25. The van der Waals surface area contributed by atoms with E-state index < -0.39 is 20.5 Å². The number of pyridine rings is 1. The predicted octanol–water partition coefficient (Wildman–Crippen LogP) is 7.56. The van der Waals surface area contributed by atoms with Crippen LogP contribution in [0.2, 0.25) is 23.2 Å². The highest BCUT2D eigenvalue weighted by molar-refractivity contribution is 9.10. The SMILES string of the molecule is Cc1c(-c2c(Br)cnn2C)nc(-c2cc(OC[C@@H](CN(C)C(=O)O)O[Si](C)(C)C(C)(C)C)ccc2Cl)nc1N1Cc2cccnc2C1. The Morgan fingerprint density at radius 3 is 2.60 bits per heavy atom. The van der Waals surface area contributed by atoms with Crippen molar-refractivity contribution >= 4 is 47.8 Å². The molecule has 1 amide bonds. The molecule has 0 aliphatic carbocycles. The standard InChI is InChI=1S/C33H41BrClN7O4Si/c1-20-28(29-25(34)15-37-41(29)6)38-30(39-31(20)42-16-21-10-9-13-36-27(21)18-42)24-14-22(11-12-26(24)35)45-19-23(17-40(5)32(43)44)46-47(7,8)33(2,3)4/h9-15,23H,16-19H2,1-8H3,(H,43,44)/t23-/m1/s1. The van der Waals surface area contributed by atoms with Crippen molar-refractivity contribution in [2.24, 2.45) is 7.05 Å². The van der Waals surface area contributed by atoms with Gasteiger partial charge in [-0.05, 0) is 70.8 Å². The normalized spacial score (nSPS) is 13.9. The molecule has 0 bridgehead atoms. The van der Waals surface area contributed by atoms with Crippen LogP contribution in [-0.2, 0) is 24.6 Å². The number of fused-ring (bicyclic) bond motifs is 1. The highest BCUT2D eigenvalue weighted by atomic mass is 79.9. The third-order valence-electron chi connectivity index (χ3n) is 8.91. The Labute approximate surface area is 290 Å². The van der Waals surface area contributed by atoms with Crippen molar-refractivity contribution in [2.75, 3.05) is 25.1 Å². The molecule has 5 rings (SSSR count). The van der Waals surface area contributed by atoms with E-state index in [9.17, 15) is 9.90 Å². The minimum absolute atomic E-state index is 0.0612. The summed E-state index contributed by atoms with van der Waals surface area (Å²) in [7, 11) is 1.18. The zero-order chi connectivity index (χ0) is 34.3. The summed E-state index contributed by atoms with van der Waals surface area (Å²) < 4.78 is 15.5. The lowest BCUT2D eigenvalue weighted by Gasteiger charge is -2.39. The Morgan fingerprint density at radius 1 is 1.21 bits per heavy atom. The summed E-state index contributed by atoms with van der Waals surface area (Å²) in [6.07, 6.45) is 2.06. The van der Waals surface area contributed by atoms with Crippen molar-refractivity contribution in [3.63, 3.8) is 0 Å². The van der Waals surface area contributed by atoms with Gasteiger partial charge in [-0.2, -0.15) is 5.10 Å². The fraction of sp³-hybridized carbons (Fsp3) is 0.424. The number of halogens is 2. The minimum atomic E-state index is -2.23. The van der Waals surface area contributed by atoms with Crippen LogP contribution in [0.15, 0.2) is 47.2 Å². The maximum atomic E-state index is 11.7. The Hall–Kier alpha value is -3.52. The molecular weight excluding hydrogens is 702 g/mol. The number of carboxylic acid groups (broad SMARTS) is 1. The van der Waals surface area contributed by atoms with Crippen molar-refractivity contribution in [3.05, 3.63) is 69.0 Å². The topological polar surface area (TPSA) is 119 Å². The quantitative estimate of drug-likeness (QED) is 0.164. The molecule has 1 aliphatic rings. The molecular formula is C33H41BrClN7O4Si. The number of ether oxygens (including phenoxy) is 1. The van der Waals surface area contributed by atoms with Gasteiger partial charge < -0.3 is 24.1 Å². The van der Waals surface area contributed by atoms with Crippen LogP contribution in [0.1, 0.15) is 37.6 Å². The van der Waals surface area contributed by atoms with E-state index in [1.165, 1.54) is 11.9 Å². The number of benzene rings is 1. The molecule has 1 aromatic carbocycles. The van der Waals surface area contributed by atoms with Crippen molar-refractivity contribution in [3.8, 4) is 28.5 Å². The van der Waals surface area contributed by atoms with Crippen molar-refractivity contribution in [1.82, 2.24) is 29.6 Å². The summed E-state index contributed by atoms with van der Waals surface area (Å²) >= 11 is 10.5. The van der Waals surface area contributed by atoms with Gasteiger partial charge in [0.2, 0.25) is 0 Å². The van der Waals surface area contributed by atoms with Crippen LogP contribution >= 0.6 is 27.5 Å². The van der Waals surface area contributed by atoms with Gasteiger partial charge in [0, 0.05) is 38.0 Å². The van der Waals surface area contributed by atoms with Gasteiger partial charge in [-0.25, -0.2) is 14.8 Å². The molecule has 0 saturated heterocycles. The molecule has 4 heterocycles. The van der Waals surface area contributed by atoms with Gasteiger partial charge in [0.1, 0.15) is 23.9 Å². The molecule has 1 aliphatic heterocycles. The van der Waals surface area contributed by atoms with Crippen LogP contribution in [0, 0.1) is 6.92 Å². The van der Waals surface area contributed by atoms with Crippen LogP contribution in [0.25, 0.3) is 22.8 Å². The van der Waals surface area contributed by atoms with E-state index in [1.54, 1.807) is 23.0 Å². The third kappa shape index (κ3) is 7.48. The zero-order valence-corrected chi connectivity index (χ0v) is 31.3. The number of aromatic nitrogens is 5. The fourth-order valence-corrected chi connectivity index (χ4v) is 7.31. The summed E-state index contributed by atoms with van der Waals surface area (Å²) in [5, 5.41) is 14.4. The molecule has 0 saturated carbocycles. The largest absolute Gasteiger partial charge is 0.491 e. The monoisotopic (exact) mass is 741 g/mol. The molecule has 1 N–H and O–H groups in total. The van der Waals surface area contributed by atoms with E-state index in [1.807, 2.05) is 32.3 Å². The number of aryl methyl sites for hydroxylation is 1. The first-order valence-corrected chi connectivity index (χ1v) is 19.4. The van der Waals surface area contributed by atoms with E-state index in [-0.39, 0.29) is 18.2 Å². The molecule has 0 spiro atoms. The zero-order valence-electron chi connectivity index (χ0n) is 28.0. The van der Waals surface area contributed by atoms with Gasteiger partial charge in [-0.3, -0.25) is 9.67 Å². The summed E-state index contributed by atoms with van der Waals surface area (Å²) in [4.78, 5) is 29.8. The number of hydrogen-bond acceptors (Lipinski definition) is 8. The Bertz CT molecular complexity index is 1750. The van der Waals surface area contributed by atoms with Gasteiger partial charge in [0.25, 0.3) is 0 Å². The average Bonchev–Trinajstić information content (AvgIpc) is 3.58. The second-order valence-electron chi connectivity index (χ2n) is 13.4. The smallest absolute Gasteiger partial charge is 0.407 e. The van der Waals surface area contributed by atoms with Crippen LogP contribution in [-0.4, -0.2) is 75.5 Å². The molecule has 4 aromatic rings. The lowest BCUT2D eigenvalue weighted by molar-refractivity contribution is 0.0794. The molecule has 0 unspecified atom stereocenters. The van der Waals surface area contributed by atoms with E-state index in [2.05, 4.69) is 70.8 Å². The van der Waals surface area contributed by atoms with Gasteiger partial charge >= 0.3 is 6.09 Å². The van der Waals surface area contributed by atoms with E-state index in [0.717, 1.165) is 38.5 Å². The number of hydrogen-bond donors (Lipinski definition) is 1. The Balaban J connectivity index is 1.51. The van der Waals surface area contributed by atoms with Gasteiger partial charge in [0.05, 0.1) is 46.3 Å². The van der Waals surface area contributed by atoms with Crippen LogP contribution in [0.3, 0.4) is 0 Å². The molecule has 250 valence electrons. The predicted molar refractivity (Wildman–Crippen MR) is 189 cm³/mol. The molecule has 11 nitrogen and oxygen atoms in total. The highest BCUT2D eigenvalue weighted by Crippen LogP contribution is 2.40. The lowest BCUT2D eigenvalue weighted by Crippen LogP contribution is -2.49. The van der Waals surface area contributed by atoms with Crippen LogP contribution < -0.4 is 9.64 Å². The first-order chi connectivity index (χ1) is 22.1. The third-order valence-corrected chi connectivity index (χ3v) is 14.4. The van der Waals surface area contributed by atoms with Gasteiger partial charge in [0.15, 0.2) is 14.1 Å². The molecule has 3 aromatic heterocycles. The van der Waals surface area contributed by atoms with Crippen LogP contribution in [0.5, 0.6) is 5.75 Å². The first-order valence-electron chi connectivity index (χ1n) is 15.3. The second-order valence-corrected chi connectivity index (χ2v) is 19.4. The van der Waals surface area contributed by atoms with Crippen molar-refractivity contribution in [2.45, 2.75) is 65.0 Å². The summed E-state index contributed by atoms with van der Waals surface area (Å²) in [5.41, 5.74) is 5.23.